The number of oxime groups is 1. The third kappa shape index (κ3) is 5.13. The number of aliphatic hydroxyl groups excluding tert-OH is 1. The van der Waals surface area contributed by atoms with Crippen molar-refractivity contribution in [3.8, 4) is 0 Å². The first-order valence-electron chi connectivity index (χ1n) is 7.12. The molecule has 2 atom stereocenters. The Kier molecular flexibility index (Phi) is 7.01. The van der Waals surface area contributed by atoms with Crippen LogP contribution in [0.4, 0.5) is 0 Å². The van der Waals surface area contributed by atoms with Gasteiger partial charge in [0, 0.05) is 6.61 Å². The van der Waals surface area contributed by atoms with Crippen LogP contribution in [0.25, 0.3) is 0 Å². The second-order valence-electron chi connectivity index (χ2n) is 5.23. The Morgan fingerprint density at radius 2 is 2.00 bits per heavy atom. The summed E-state index contributed by atoms with van der Waals surface area (Å²) in [5, 5.41) is 22.8. The van der Waals surface area contributed by atoms with Crippen LogP contribution in [0.1, 0.15) is 26.3 Å². The molecule has 0 spiro atoms. The van der Waals surface area contributed by atoms with Gasteiger partial charge in [-0.15, -0.1) is 0 Å². The summed E-state index contributed by atoms with van der Waals surface area (Å²) in [7, 11) is 0. The molecule has 22 heavy (non-hydrogen) atoms. The fraction of sp³-hybridized carbons (Fsp3) is 0.500. The summed E-state index contributed by atoms with van der Waals surface area (Å²) in [5.74, 6) is -1.10. The molecule has 1 rings (SSSR count). The van der Waals surface area contributed by atoms with E-state index >= 15 is 0 Å². The molecule has 0 amide bonds. The van der Waals surface area contributed by atoms with Crippen LogP contribution in [0.5, 0.6) is 0 Å². The van der Waals surface area contributed by atoms with Gasteiger partial charge in [-0.25, -0.2) is 4.79 Å². The van der Waals surface area contributed by atoms with Crippen LogP contribution in [-0.4, -0.2) is 41.4 Å². The Morgan fingerprint density at radius 3 is 2.55 bits per heavy atom. The van der Waals surface area contributed by atoms with E-state index in [9.17, 15) is 9.90 Å². The van der Waals surface area contributed by atoms with E-state index in [1.54, 1.807) is 13.8 Å². The SMILES string of the molecule is CCOC(O)C(C)(Cc1ccccc1)/C(C)=N/OCC(=O)O. The van der Waals surface area contributed by atoms with E-state index in [2.05, 4.69) is 5.16 Å². The number of rotatable bonds is 9. The molecule has 6 heteroatoms. The smallest absolute Gasteiger partial charge is 0.344 e. The Morgan fingerprint density at radius 1 is 1.36 bits per heavy atom. The Bertz CT molecular complexity index is 503. The normalized spacial score (nSPS) is 15.9. The minimum absolute atomic E-state index is 0.356. The number of nitrogens with zero attached hydrogens (tertiary/aromatic N) is 1. The second kappa shape index (κ2) is 8.51. The number of benzene rings is 1. The van der Waals surface area contributed by atoms with Gasteiger partial charge < -0.3 is 19.8 Å². The fourth-order valence-corrected chi connectivity index (χ4v) is 2.04. The number of hydrogen-bond donors (Lipinski definition) is 2. The molecule has 0 heterocycles. The van der Waals surface area contributed by atoms with Crippen molar-refractivity contribution < 1.29 is 24.6 Å². The van der Waals surface area contributed by atoms with Crippen LogP contribution < -0.4 is 0 Å². The van der Waals surface area contributed by atoms with Gasteiger partial charge >= 0.3 is 5.97 Å². The summed E-state index contributed by atoms with van der Waals surface area (Å²) < 4.78 is 5.33. The highest BCUT2D eigenvalue weighted by molar-refractivity contribution is 5.88. The summed E-state index contributed by atoms with van der Waals surface area (Å²) >= 11 is 0. The van der Waals surface area contributed by atoms with Crippen molar-refractivity contribution in [2.45, 2.75) is 33.5 Å². The monoisotopic (exact) mass is 309 g/mol. The second-order valence-corrected chi connectivity index (χ2v) is 5.23. The number of hydrogen-bond acceptors (Lipinski definition) is 5. The molecule has 0 fully saturated rings. The minimum atomic E-state index is -1.10. The summed E-state index contributed by atoms with van der Waals surface area (Å²) in [6.45, 7) is 5.12. The van der Waals surface area contributed by atoms with Crippen molar-refractivity contribution in [3.63, 3.8) is 0 Å². The van der Waals surface area contributed by atoms with Crippen LogP contribution in [0.15, 0.2) is 35.5 Å². The van der Waals surface area contributed by atoms with Gasteiger partial charge in [-0.2, -0.15) is 0 Å². The molecule has 2 N–H and O–H groups in total. The van der Waals surface area contributed by atoms with Gasteiger partial charge in [-0.05, 0) is 32.8 Å². The maximum atomic E-state index is 10.5. The average Bonchev–Trinajstić information content (AvgIpc) is 2.47. The van der Waals surface area contributed by atoms with E-state index in [4.69, 9.17) is 14.7 Å². The number of carbonyl (C=O) groups is 1. The summed E-state index contributed by atoms with van der Waals surface area (Å²) in [6, 6.07) is 9.63. The highest BCUT2D eigenvalue weighted by Crippen LogP contribution is 2.30. The van der Waals surface area contributed by atoms with Crippen LogP contribution in [-0.2, 0) is 20.8 Å². The molecule has 0 radical (unpaired) electrons. The molecule has 0 saturated carbocycles. The fourth-order valence-electron chi connectivity index (χ4n) is 2.04. The molecule has 0 aliphatic rings. The number of carboxylic acids is 1. The highest BCUT2D eigenvalue weighted by Gasteiger charge is 2.37. The molecule has 1 aromatic rings. The van der Waals surface area contributed by atoms with Gasteiger partial charge in [0.2, 0.25) is 6.61 Å². The molecule has 6 nitrogen and oxygen atoms in total. The molecular formula is C16H23NO5. The van der Waals surface area contributed by atoms with Crippen molar-refractivity contribution in [2.24, 2.45) is 10.6 Å². The van der Waals surface area contributed by atoms with E-state index in [0.717, 1.165) is 5.56 Å². The van der Waals surface area contributed by atoms with Gasteiger partial charge in [0.05, 0.1) is 11.1 Å². The molecule has 122 valence electrons. The molecule has 0 aliphatic carbocycles. The Balaban J connectivity index is 2.97. The zero-order valence-electron chi connectivity index (χ0n) is 13.2. The molecular weight excluding hydrogens is 286 g/mol. The van der Waals surface area contributed by atoms with Gasteiger partial charge in [0.25, 0.3) is 0 Å². The lowest BCUT2D eigenvalue weighted by molar-refractivity contribution is -0.146. The summed E-state index contributed by atoms with van der Waals surface area (Å²) in [4.78, 5) is 15.3. The Labute approximate surface area is 130 Å². The van der Waals surface area contributed by atoms with Crippen LogP contribution in [0, 0.1) is 5.41 Å². The standard InChI is InChI=1S/C16H23NO5/c1-4-21-15(20)16(3,10-13-8-6-5-7-9-13)12(2)17-22-11-14(18)19/h5-9,15,20H,4,10-11H2,1-3H3,(H,18,19)/b17-12+. The first-order valence-corrected chi connectivity index (χ1v) is 7.12. The third-order valence-electron chi connectivity index (χ3n) is 3.50. The van der Waals surface area contributed by atoms with Crippen LogP contribution >= 0.6 is 0 Å². The van der Waals surface area contributed by atoms with E-state index in [1.807, 2.05) is 37.3 Å². The van der Waals surface area contributed by atoms with Gasteiger partial charge in [0.1, 0.15) is 0 Å². The van der Waals surface area contributed by atoms with Crippen molar-refractivity contribution in [3.05, 3.63) is 35.9 Å². The van der Waals surface area contributed by atoms with Gasteiger partial charge in [-0.3, -0.25) is 0 Å². The van der Waals surface area contributed by atoms with E-state index in [1.165, 1.54) is 0 Å². The van der Waals surface area contributed by atoms with Crippen molar-refractivity contribution >= 4 is 11.7 Å². The third-order valence-corrected chi connectivity index (χ3v) is 3.50. The summed E-state index contributed by atoms with van der Waals surface area (Å²) in [5.41, 5.74) is 0.658. The zero-order valence-corrected chi connectivity index (χ0v) is 13.2. The first kappa shape index (κ1) is 18.1. The molecule has 0 aromatic heterocycles. The van der Waals surface area contributed by atoms with Crippen LogP contribution in [0.3, 0.4) is 0 Å². The average molecular weight is 309 g/mol. The first-order chi connectivity index (χ1) is 10.4. The predicted octanol–water partition coefficient (Wildman–Crippen LogP) is 2.07. The maximum absolute atomic E-state index is 10.5. The quantitative estimate of drug-likeness (QED) is 0.414. The van der Waals surface area contributed by atoms with Crippen molar-refractivity contribution in [1.82, 2.24) is 0 Å². The lowest BCUT2D eigenvalue weighted by Gasteiger charge is -2.33. The van der Waals surface area contributed by atoms with E-state index < -0.39 is 24.3 Å². The minimum Gasteiger partial charge on any atom is -0.479 e. The lowest BCUT2D eigenvalue weighted by atomic mass is 9.79. The van der Waals surface area contributed by atoms with Crippen molar-refractivity contribution in [1.29, 1.82) is 0 Å². The van der Waals surface area contributed by atoms with Crippen molar-refractivity contribution in [2.75, 3.05) is 13.2 Å². The zero-order chi connectivity index (χ0) is 16.6. The molecule has 0 bridgehead atoms. The Hall–Kier alpha value is -1.92. The molecule has 0 saturated heterocycles. The number of carboxylic acid groups (broad SMARTS) is 1. The highest BCUT2D eigenvalue weighted by atomic mass is 16.6. The van der Waals surface area contributed by atoms with E-state index in [0.29, 0.717) is 18.7 Å². The lowest BCUT2D eigenvalue weighted by Crippen LogP contribution is -2.42. The largest absolute Gasteiger partial charge is 0.479 e. The number of ether oxygens (including phenoxy) is 1. The maximum Gasteiger partial charge on any atom is 0.344 e. The topological polar surface area (TPSA) is 88.4 Å². The number of aliphatic carboxylic acids is 1. The molecule has 1 aromatic carbocycles. The van der Waals surface area contributed by atoms with Gasteiger partial charge in [-0.1, -0.05) is 35.5 Å². The van der Waals surface area contributed by atoms with Crippen LogP contribution in [0.2, 0.25) is 0 Å². The summed E-state index contributed by atoms with van der Waals surface area (Å²) in [6.07, 6.45) is -0.587. The van der Waals surface area contributed by atoms with E-state index in [-0.39, 0.29) is 0 Å². The molecule has 0 aliphatic heterocycles. The predicted molar refractivity (Wildman–Crippen MR) is 82.6 cm³/mol. The van der Waals surface area contributed by atoms with Gasteiger partial charge in [0.15, 0.2) is 6.29 Å². The molecule has 2 unspecified atom stereocenters. The number of aliphatic hydroxyl groups is 1.